The van der Waals surface area contributed by atoms with Gasteiger partial charge in [0.15, 0.2) is 11.5 Å². The van der Waals surface area contributed by atoms with Gasteiger partial charge in [-0.15, -0.1) is 0 Å². The van der Waals surface area contributed by atoms with Gasteiger partial charge in [-0.3, -0.25) is 4.79 Å². The molecule has 0 aromatic heterocycles. The van der Waals surface area contributed by atoms with Gasteiger partial charge < -0.3 is 19.3 Å². The Hall–Kier alpha value is -1.75. The number of hydrogen-bond acceptors (Lipinski definition) is 4. The maximum Gasteiger partial charge on any atom is 0.309 e. The third-order valence-electron chi connectivity index (χ3n) is 2.81. The first-order chi connectivity index (χ1) is 8.70. The van der Waals surface area contributed by atoms with Crippen LogP contribution in [0.5, 0.6) is 11.5 Å². The molecule has 1 aromatic rings. The van der Waals surface area contributed by atoms with Crippen LogP contribution in [-0.2, 0) is 16.0 Å². The molecule has 18 heavy (non-hydrogen) atoms. The molecule has 1 unspecified atom stereocenters. The summed E-state index contributed by atoms with van der Waals surface area (Å²) in [7, 11) is 1.50. The van der Waals surface area contributed by atoms with Gasteiger partial charge in [0, 0.05) is 7.11 Å². The Morgan fingerprint density at radius 2 is 2.11 bits per heavy atom. The fourth-order valence-corrected chi connectivity index (χ4v) is 1.92. The van der Waals surface area contributed by atoms with Gasteiger partial charge in [-0.25, -0.2) is 0 Å². The summed E-state index contributed by atoms with van der Waals surface area (Å²) in [6.45, 7) is 1.27. The summed E-state index contributed by atoms with van der Waals surface area (Å²) in [6.07, 6.45) is 0.416. The molecule has 0 bridgehead atoms. The van der Waals surface area contributed by atoms with Gasteiger partial charge in [0.2, 0.25) is 0 Å². The maximum absolute atomic E-state index is 11.0. The molecule has 1 atom stereocenters. The summed E-state index contributed by atoms with van der Waals surface area (Å²) in [5.41, 5.74) is 0.906. The van der Waals surface area contributed by atoms with E-state index in [1.807, 2.05) is 18.2 Å². The molecule has 1 heterocycles. The van der Waals surface area contributed by atoms with E-state index >= 15 is 0 Å². The Bertz CT molecular complexity index is 429. The van der Waals surface area contributed by atoms with E-state index in [1.54, 1.807) is 0 Å². The van der Waals surface area contributed by atoms with Crippen LogP contribution < -0.4 is 9.47 Å². The zero-order valence-electron chi connectivity index (χ0n) is 10.2. The Morgan fingerprint density at radius 3 is 2.78 bits per heavy atom. The van der Waals surface area contributed by atoms with Crippen molar-refractivity contribution >= 4 is 5.97 Å². The van der Waals surface area contributed by atoms with Crippen LogP contribution in [0, 0.1) is 5.92 Å². The smallest absolute Gasteiger partial charge is 0.309 e. The van der Waals surface area contributed by atoms with Crippen LogP contribution in [0.4, 0.5) is 0 Å². The molecular weight excluding hydrogens is 236 g/mol. The number of fused-ring (bicyclic) bond motifs is 1. The Kier molecular flexibility index (Phi) is 4.04. The number of carbonyl (C=O) groups is 1. The van der Waals surface area contributed by atoms with Crippen molar-refractivity contribution in [2.45, 2.75) is 6.42 Å². The largest absolute Gasteiger partial charge is 0.486 e. The minimum Gasteiger partial charge on any atom is -0.486 e. The molecule has 1 aromatic carbocycles. The molecule has 0 fully saturated rings. The molecule has 0 amide bonds. The minimum atomic E-state index is -0.855. The summed E-state index contributed by atoms with van der Waals surface area (Å²) in [6, 6.07) is 5.51. The standard InChI is InChI=1S/C13H16O5/c1-16-8-10(13(14)15)6-9-2-3-11-12(7-9)18-5-4-17-11/h2-3,7,10H,4-6,8H2,1H3,(H,14,15). The molecule has 1 aliphatic rings. The number of aliphatic carboxylic acids is 1. The first kappa shape index (κ1) is 12.7. The summed E-state index contributed by atoms with van der Waals surface area (Å²) >= 11 is 0. The predicted molar refractivity (Wildman–Crippen MR) is 64.1 cm³/mol. The van der Waals surface area contributed by atoms with Crippen molar-refractivity contribution in [2.75, 3.05) is 26.9 Å². The summed E-state index contributed by atoms with van der Waals surface area (Å²) in [5.74, 6) is -0.00628. The van der Waals surface area contributed by atoms with Crippen molar-refractivity contribution in [3.8, 4) is 11.5 Å². The maximum atomic E-state index is 11.0. The van der Waals surface area contributed by atoms with Gasteiger partial charge in [-0.1, -0.05) is 6.07 Å². The Labute approximate surface area is 105 Å². The van der Waals surface area contributed by atoms with Crippen LogP contribution in [0.25, 0.3) is 0 Å². The van der Waals surface area contributed by atoms with Crippen LogP contribution in [0.15, 0.2) is 18.2 Å². The number of rotatable bonds is 5. The van der Waals surface area contributed by atoms with Gasteiger partial charge in [0.25, 0.3) is 0 Å². The number of hydrogen-bond donors (Lipinski definition) is 1. The second-order valence-electron chi connectivity index (χ2n) is 4.17. The van der Waals surface area contributed by atoms with Crippen molar-refractivity contribution in [1.29, 1.82) is 0 Å². The van der Waals surface area contributed by atoms with Crippen LogP contribution >= 0.6 is 0 Å². The zero-order valence-corrected chi connectivity index (χ0v) is 10.2. The quantitative estimate of drug-likeness (QED) is 0.856. The highest BCUT2D eigenvalue weighted by molar-refractivity contribution is 5.70. The van der Waals surface area contributed by atoms with E-state index in [0.29, 0.717) is 31.1 Å². The topological polar surface area (TPSA) is 65.0 Å². The van der Waals surface area contributed by atoms with Crippen molar-refractivity contribution in [1.82, 2.24) is 0 Å². The summed E-state index contributed by atoms with van der Waals surface area (Å²) < 4.78 is 15.8. The van der Waals surface area contributed by atoms with Gasteiger partial charge >= 0.3 is 5.97 Å². The molecule has 1 N–H and O–H groups in total. The van der Waals surface area contributed by atoms with Crippen molar-refractivity contribution in [3.63, 3.8) is 0 Å². The fourth-order valence-electron chi connectivity index (χ4n) is 1.92. The van der Waals surface area contributed by atoms with Gasteiger partial charge in [-0.05, 0) is 24.1 Å². The first-order valence-electron chi connectivity index (χ1n) is 5.81. The van der Waals surface area contributed by atoms with Crippen LogP contribution in [-0.4, -0.2) is 38.0 Å². The van der Waals surface area contributed by atoms with Crippen molar-refractivity contribution in [2.24, 2.45) is 5.92 Å². The summed E-state index contributed by atoms with van der Waals surface area (Å²) in [4.78, 5) is 11.0. The minimum absolute atomic E-state index is 0.198. The second-order valence-corrected chi connectivity index (χ2v) is 4.17. The average Bonchev–Trinajstić information content (AvgIpc) is 2.38. The highest BCUT2D eigenvalue weighted by atomic mass is 16.6. The molecule has 1 aliphatic heterocycles. The van der Waals surface area contributed by atoms with Gasteiger partial charge in [0.05, 0.1) is 12.5 Å². The predicted octanol–water partition coefficient (Wildman–Crippen LogP) is 1.35. The molecule has 0 saturated carbocycles. The molecule has 98 valence electrons. The second kappa shape index (κ2) is 5.73. The number of carboxylic acids is 1. The van der Waals surface area contributed by atoms with E-state index in [0.717, 1.165) is 5.56 Å². The highest BCUT2D eigenvalue weighted by Gasteiger charge is 2.19. The van der Waals surface area contributed by atoms with E-state index in [-0.39, 0.29) is 6.61 Å². The number of benzene rings is 1. The first-order valence-corrected chi connectivity index (χ1v) is 5.81. The van der Waals surface area contributed by atoms with E-state index in [1.165, 1.54) is 7.11 Å². The van der Waals surface area contributed by atoms with Crippen molar-refractivity contribution in [3.05, 3.63) is 23.8 Å². The monoisotopic (exact) mass is 252 g/mol. The van der Waals surface area contributed by atoms with Crippen molar-refractivity contribution < 1.29 is 24.1 Å². The molecule has 5 nitrogen and oxygen atoms in total. The van der Waals surface area contributed by atoms with Gasteiger partial charge in [-0.2, -0.15) is 0 Å². The molecule has 2 rings (SSSR count). The van der Waals surface area contributed by atoms with E-state index in [4.69, 9.17) is 19.3 Å². The highest BCUT2D eigenvalue weighted by Crippen LogP contribution is 2.31. The lowest BCUT2D eigenvalue weighted by Crippen LogP contribution is -2.22. The number of methoxy groups -OCH3 is 1. The van der Waals surface area contributed by atoms with Crippen LogP contribution in [0.3, 0.4) is 0 Å². The average molecular weight is 252 g/mol. The molecule has 0 spiro atoms. The fraction of sp³-hybridized carbons (Fsp3) is 0.462. The SMILES string of the molecule is COCC(Cc1ccc2c(c1)OCCO2)C(=O)O. The van der Waals surface area contributed by atoms with Gasteiger partial charge in [0.1, 0.15) is 13.2 Å². The van der Waals surface area contributed by atoms with Crippen LogP contribution in [0.1, 0.15) is 5.56 Å². The molecular formula is C13H16O5. The van der Waals surface area contributed by atoms with Crippen LogP contribution in [0.2, 0.25) is 0 Å². The number of ether oxygens (including phenoxy) is 3. The molecule has 0 saturated heterocycles. The Morgan fingerprint density at radius 1 is 1.39 bits per heavy atom. The molecule has 0 aliphatic carbocycles. The lowest BCUT2D eigenvalue weighted by molar-refractivity contribution is -0.143. The third-order valence-corrected chi connectivity index (χ3v) is 2.81. The van der Waals surface area contributed by atoms with E-state index in [9.17, 15) is 4.79 Å². The van der Waals surface area contributed by atoms with E-state index in [2.05, 4.69) is 0 Å². The van der Waals surface area contributed by atoms with E-state index < -0.39 is 11.9 Å². The normalized spacial score (nSPS) is 15.2. The third kappa shape index (κ3) is 2.92. The Balaban J connectivity index is 2.11. The zero-order chi connectivity index (χ0) is 13.0. The lowest BCUT2D eigenvalue weighted by atomic mass is 10.00. The summed E-state index contributed by atoms with van der Waals surface area (Å²) in [5, 5.41) is 9.07. The number of carboxylic acid groups (broad SMARTS) is 1. The molecule has 0 radical (unpaired) electrons. The molecule has 5 heteroatoms. The lowest BCUT2D eigenvalue weighted by Gasteiger charge is -2.19.